The first kappa shape index (κ1) is 18.6. The lowest BCUT2D eigenvalue weighted by molar-refractivity contribution is -0.118. The first-order valence-corrected chi connectivity index (χ1v) is 9.84. The fraction of sp³-hybridized carbons (Fsp3) is 0.333. The van der Waals surface area contributed by atoms with Crippen molar-refractivity contribution in [3.8, 4) is 17.1 Å². The van der Waals surface area contributed by atoms with Gasteiger partial charge in [0.25, 0.3) is 5.91 Å². The molecular formula is C21H20N4O5. The van der Waals surface area contributed by atoms with Gasteiger partial charge in [-0.25, -0.2) is 0 Å². The molecule has 2 aliphatic heterocycles. The average molecular weight is 408 g/mol. The Morgan fingerprint density at radius 1 is 1.23 bits per heavy atom. The van der Waals surface area contributed by atoms with E-state index in [-0.39, 0.29) is 24.2 Å². The zero-order valence-corrected chi connectivity index (χ0v) is 16.2. The van der Waals surface area contributed by atoms with Gasteiger partial charge in [0.15, 0.2) is 12.4 Å². The largest absolute Gasteiger partial charge is 0.482 e. The predicted octanol–water partition coefficient (Wildman–Crippen LogP) is 2.76. The minimum atomic E-state index is -0.211. The molecule has 2 aromatic heterocycles. The number of benzene rings is 1. The highest BCUT2D eigenvalue weighted by Crippen LogP contribution is 2.31. The summed E-state index contributed by atoms with van der Waals surface area (Å²) in [5.41, 5.74) is 1.93. The monoisotopic (exact) mass is 408 g/mol. The number of hydrogen-bond acceptors (Lipinski definition) is 8. The summed E-state index contributed by atoms with van der Waals surface area (Å²) in [6.45, 7) is 2.09. The van der Waals surface area contributed by atoms with Crippen LogP contribution in [0.15, 0.2) is 45.7 Å². The fourth-order valence-corrected chi connectivity index (χ4v) is 3.84. The number of nitrogens with zero attached hydrogens (tertiary/aromatic N) is 3. The number of carbonyl (C=O) groups is 2. The topological polar surface area (TPSA) is 111 Å². The molecule has 0 saturated carbocycles. The van der Waals surface area contributed by atoms with Gasteiger partial charge in [-0.1, -0.05) is 5.16 Å². The molecule has 1 N–H and O–H groups in total. The molecule has 1 aromatic carbocycles. The highest BCUT2D eigenvalue weighted by molar-refractivity contribution is 6.01. The van der Waals surface area contributed by atoms with Gasteiger partial charge in [-0.3, -0.25) is 14.5 Å². The van der Waals surface area contributed by atoms with Gasteiger partial charge in [0, 0.05) is 11.5 Å². The molecule has 2 aliphatic rings. The lowest BCUT2D eigenvalue weighted by Gasteiger charge is -2.30. The number of furan rings is 1. The maximum absolute atomic E-state index is 12.9. The number of ether oxygens (including phenoxy) is 1. The van der Waals surface area contributed by atoms with Crippen molar-refractivity contribution in [1.82, 2.24) is 15.0 Å². The Kier molecular flexibility index (Phi) is 4.80. The number of likely N-dealkylation sites (tertiary alicyclic amines) is 1. The number of ketones is 1. The van der Waals surface area contributed by atoms with Crippen LogP contribution >= 0.6 is 0 Å². The number of nitrogens with one attached hydrogen (secondary N) is 1. The van der Waals surface area contributed by atoms with Gasteiger partial charge in [0.1, 0.15) is 12.0 Å². The summed E-state index contributed by atoms with van der Waals surface area (Å²) in [7, 11) is 0. The van der Waals surface area contributed by atoms with Gasteiger partial charge in [0.2, 0.25) is 11.7 Å². The van der Waals surface area contributed by atoms with Crippen molar-refractivity contribution in [3.05, 3.63) is 48.2 Å². The zero-order chi connectivity index (χ0) is 20.5. The quantitative estimate of drug-likeness (QED) is 0.642. The molecule has 0 radical (unpaired) electrons. The van der Waals surface area contributed by atoms with E-state index in [0.29, 0.717) is 35.3 Å². The van der Waals surface area contributed by atoms with E-state index in [2.05, 4.69) is 20.4 Å². The molecule has 0 unspecified atom stereocenters. The zero-order valence-electron chi connectivity index (χ0n) is 16.2. The van der Waals surface area contributed by atoms with Crippen molar-refractivity contribution in [1.29, 1.82) is 0 Å². The van der Waals surface area contributed by atoms with Crippen LogP contribution in [0.1, 0.15) is 29.1 Å². The first-order chi connectivity index (χ1) is 14.7. The summed E-state index contributed by atoms with van der Waals surface area (Å²) in [6, 6.07) is 6.99. The van der Waals surface area contributed by atoms with Crippen LogP contribution in [0.2, 0.25) is 0 Å². The molecule has 0 atom stereocenters. The molecule has 0 spiro atoms. The molecule has 4 heterocycles. The Morgan fingerprint density at radius 3 is 2.90 bits per heavy atom. The second-order valence-corrected chi connectivity index (χ2v) is 7.49. The Morgan fingerprint density at radius 2 is 2.10 bits per heavy atom. The summed E-state index contributed by atoms with van der Waals surface area (Å²) in [6.07, 6.45) is 4.64. The van der Waals surface area contributed by atoms with Crippen LogP contribution in [-0.4, -0.2) is 46.4 Å². The van der Waals surface area contributed by atoms with Gasteiger partial charge in [-0.2, -0.15) is 4.98 Å². The van der Waals surface area contributed by atoms with Crippen molar-refractivity contribution in [3.63, 3.8) is 0 Å². The molecule has 0 bridgehead atoms. The number of anilines is 1. The molecule has 5 rings (SSSR count). The first-order valence-electron chi connectivity index (χ1n) is 9.84. The van der Waals surface area contributed by atoms with E-state index in [1.54, 1.807) is 36.8 Å². The minimum absolute atomic E-state index is 0.00235. The van der Waals surface area contributed by atoms with Gasteiger partial charge in [-0.15, -0.1) is 0 Å². The second-order valence-electron chi connectivity index (χ2n) is 7.49. The lowest BCUT2D eigenvalue weighted by atomic mass is 9.88. The van der Waals surface area contributed by atoms with Crippen molar-refractivity contribution in [2.24, 2.45) is 5.92 Å². The van der Waals surface area contributed by atoms with E-state index in [1.165, 1.54) is 0 Å². The van der Waals surface area contributed by atoms with Crippen LogP contribution in [0, 0.1) is 5.92 Å². The third-order valence-electron chi connectivity index (χ3n) is 5.46. The van der Waals surface area contributed by atoms with Crippen LogP contribution in [0.3, 0.4) is 0 Å². The number of amides is 1. The second kappa shape index (κ2) is 7.75. The SMILES string of the molecule is O=C1COc2ccc(C(=O)C3CCN(Cc4nc(-c5ccoc5)no4)CC3)cc2N1. The van der Waals surface area contributed by atoms with Crippen molar-refractivity contribution >= 4 is 17.4 Å². The summed E-state index contributed by atoms with van der Waals surface area (Å²) in [4.78, 5) is 31.1. The molecule has 1 amide bonds. The third-order valence-corrected chi connectivity index (χ3v) is 5.46. The minimum Gasteiger partial charge on any atom is -0.482 e. The molecule has 154 valence electrons. The van der Waals surface area contributed by atoms with E-state index in [4.69, 9.17) is 13.7 Å². The lowest BCUT2D eigenvalue weighted by Crippen LogP contribution is -2.36. The van der Waals surface area contributed by atoms with E-state index in [9.17, 15) is 9.59 Å². The van der Waals surface area contributed by atoms with Crippen molar-refractivity contribution < 1.29 is 23.3 Å². The fourth-order valence-electron chi connectivity index (χ4n) is 3.84. The maximum Gasteiger partial charge on any atom is 0.262 e. The number of rotatable bonds is 5. The Bertz CT molecular complexity index is 1070. The molecule has 1 saturated heterocycles. The van der Waals surface area contributed by atoms with Crippen LogP contribution in [0.25, 0.3) is 11.4 Å². The van der Waals surface area contributed by atoms with E-state index in [1.807, 2.05) is 0 Å². The van der Waals surface area contributed by atoms with Gasteiger partial charge in [0.05, 0.1) is 24.1 Å². The standard InChI is InChI=1S/C21H20N4O5/c26-18-12-29-17-2-1-14(9-16(17)22-18)20(27)13-3-6-25(7-4-13)10-19-23-21(24-30-19)15-5-8-28-11-15/h1-2,5,8-9,11,13H,3-4,6-7,10,12H2,(H,22,26). The van der Waals surface area contributed by atoms with Crippen molar-refractivity contribution in [2.75, 3.05) is 25.0 Å². The Labute approximate surface area is 172 Å². The molecular weight excluding hydrogens is 388 g/mol. The van der Waals surface area contributed by atoms with Crippen LogP contribution in [0.5, 0.6) is 5.75 Å². The number of Topliss-reactive ketones (excluding diaryl/α,β-unsaturated/α-hetero) is 1. The van der Waals surface area contributed by atoms with Crippen LogP contribution in [0.4, 0.5) is 5.69 Å². The summed E-state index contributed by atoms with van der Waals surface area (Å²) in [5, 5.41) is 6.73. The average Bonchev–Trinajstić information content (AvgIpc) is 3.45. The molecule has 1 fully saturated rings. The van der Waals surface area contributed by atoms with Crippen molar-refractivity contribution in [2.45, 2.75) is 19.4 Å². The highest BCUT2D eigenvalue weighted by atomic mass is 16.5. The highest BCUT2D eigenvalue weighted by Gasteiger charge is 2.28. The summed E-state index contributed by atoms with van der Waals surface area (Å²) < 4.78 is 15.7. The number of carbonyl (C=O) groups excluding carboxylic acids is 2. The summed E-state index contributed by atoms with van der Waals surface area (Å²) in [5.74, 6) is 1.47. The molecule has 0 aliphatic carbocycles. The number of piperidine rings is 1. The third kappa shape index (κ3) is 3.71. The number of fused-ring (bicyclic) bond motifs is 1. The Hall–Kier alpha value is -3.46. The van der Waals surface area contributed by atoms with E-state index >= 15 is 0 Å². The maximum atomic E-state index is 12.9. The number of hydrogen-bond donors (Lipinski definition) is 1. The van der Waals surface area contributed by atoms with Gasteiger partial charge >= 0.3 is 0 Å². The predicted molar refractivity (Wildman–Crippen MR) is 105 cm³/mol. The van der Waals surface area contributed by atoms with E-state index < -0.39 is 0 Å². The molecule has 9 heteroatoms. The number of aromatic nitrogens is 2. The normalized spacial score (nSPS) is 17.3. The molecule has 9 nitrogen and oxygen atoms in total. The molecule has 3 aromatic rings. The van der Waals surface area contributed by atoms with Crippen LogP contribution < -0.4 is 10.1 Å². The summed E-state index contributed by atoms with van der Waals surface area (Å²) >= 11 is 0. The smallest absolute Gasteiger partial charge is 0.262 e. The van der Waals surface area contributed by atoms with Crippen LogP contribution in [-0.2, 0) is 11.3 Å². The van der Waals surface area contributed by atoms with Gasteiger partial charge in [-0.05, 0) is 50.2 Å². The van der Waals surface area contributed by atoms with Gasteiger partial charge < -0.3 is 19.0 Å². The Balaban J connectivity index is 1.18. The van der Waals surface area contributed by atoms with E-state index in [0.717, 1.165) is 31.5 Å². The molecule has 30 heavy (non-hydrogen) atoms.